The minimum Gasteiger partial charge on any atom is -0.396 e. The fraction of sp³-hybridized carbons (Fsp3) is 0.400. The average molecular weight is 374 g/mol. The van der Waals surface area contributed by atoms with Crippen molar-refractivity contribution in [2.45, 2.75) is 25.3 Å². The number of pyridine rings is 1. The molecule has 6 heteroatoms. The van der Waals surface area contributed by atoms with Gasteiger partial charge in [0.15, 0.2) is 0 Å². The molecular weight excluding hydrogens is 350 g/mol. The fourth-order valence-electron chi connectivity index (χ4n) is 3.38. The number of hydrogen-bond acceptors (Lipinski definition) is 3. The number of aromatic nitrogens is 1. The second-order valence-corrected chi connectivity index (χ2v) is 7.10. The Balaban J connectivity index is 1.72. The summed E-state index contributed by atoms with van der Waals surface area (Å²) in [7, 11) is 0. The topological polar surface area (TPSA) is 65.5 Å². The highest BCUT2D eigenvalue weighted by Crippen LogP contribution is 2.25. The van der Waals surface area contributed by atoms with Crippen molar-refractivity contribution in [2.75, 3.05) is 19.7 Å². The van der Waals surface area contributed by atoms with E-state index in [1.807, 2.05) is 41.3 Å². The molecule has 0 spiro atoms. The molecule has 1 fully saturated rings. The lowest BCUT2D eigenvalue weighted by Crippen LogP contribution is -2.45. The molecule has 0 aliphatic carbocycles. The number of hydrogen-bond donors (Lipinski definition) is 2. The van der Waals surface area contributed by atoms with Gasteiger partial charge >= 0.3 is 6.03 Å². The molecule has 2 N–H and O–H groups in total. The predicted molar refractivity (Wildman–Crippen MR) is 102 cm³/mol. The summed E-state index contributed by atoms with van der Waals surface area (Å²) < 4.78 is 0. The third kappa shape index (κ3) is 4.74. The molecule has 1 aliphatic heterocycles. The molecule has 1 saturated heterocycles. The van der Waals surface area contributed by atoms with E-state index < -0.39 is 0 Å². The van der Waals surface area contributed by atoms with Crippen LogP contribution in [-0.4, -0.2) is 40.7 Å². The number of aliphatic hydroxyl groups is 1. The van der Waals surface area contributed by atoms with Crippen molar-refractivity contribution in [3.63, 3.8) is 0 Å². The largest absolute Gasteiger partial charge is 0.396 e. The maximum Gasteiger partial charge on any atom is 0.318 e. The van der Waals surface area contributed by atoms with Gasteiger partial charge in [-0.2, -0.15) is 0 Å². The van der Waals surface area contributed by atoms with Crippen LogP contribution in [0.4, 0.5) is 4.79 Å². The number of likely N-dealkylation sites (tertiary alicyclic amines) is 1. The highest BCUT2D eigenvalue weighted by molar-refractivity contribution is 6.30. The van der Waals surface area contributed by atoms with Gasteiger partial charge in [-0.1, -0.05) is 29.8 Å². The third-order valence-electron chi connectivity index (χ3n) is 4.93. The van der Waals surface area contributed by atoms with E-state index in [2.05, 4.69) is 10.3 Å². The molecule has 5 nitrogen and oxygen atoms in total. The molecule has 1 unspecified atom stereocenters. The summed E-state index contributed by atoms with van der Waals surface area (Å²) in [6.45, 7) is 1.66. The fourth-order valence-corrected chi connectivity index (χ4v) is 3.51. The molecule has 0 bridgehead atoms. The molecule has 0 saturated carbocycles. The maximum atomic E-state index is 12.8. The second-order valence-electron chi connectivity index (χ2n) is 6.66. The molecule has 2 amide bonds. The van der Waals surface area contributed by atoms with Gasteiger partial charge in [0.05, 0.1) is 6.04 Å². The second kappa shape index (κ2) is 9.01. The van der Waals surface area contributed by atoms with E-state index in [1.165, 1.54) is 0 Å². The van der Waals surface area contributed by atoms with Gasteiger partial charge in [0.25, 0.3) is 0 Å². The Hall–Kier alpha value is -2.11. The Morgan fingerprint density at radius 1 is 1.23 bits per heavy atom. The van der Waals surface area contributed by atoms with Crippen molar-refractivity contribution >= 4 is 17.6 Å². The molecule has 1 aromatic carbocycles. The normalized spacial score (nSPS) is 16.3. The van der Waals surface area contributed by atoms with Crippen LogP contribution in [-0.2, 0) is 0 Å². The lowest BCUT2D eigenvalue weighted by atomic mass is 9.94. The first-order valence-electron chi connectivity index (χ1n) is 8.99. The summed E-state index contributed by atoms with van der Waals surface area (Å²) in [4.78, 5) is 18.8. The minimum absolute atomic E-state index is 0.0729. The molecule has 2 aromatic rings. The van der Waals surface area contributed by atoms with Gasteiger partial charge in [0.2, 0.25) is 0 Å². The quantitative estimate of drug-likeness (QED) is 0.841. The summed E-state index contributed by atoms with van der Waals surface area (Å²) >= 11 is 6.00. The smallest absolute Gasteiger partial charge is 0.318 e. The van der Waals surface area contributed by atoms with Crippen LogP contribution in [0.25, 0.3) is 0 Å². The number of rotatable bonds is 5. The zero-order chi connectivity index (χ0) is 18.4. The van der Waals surface area contributed by atoms with Crippen molar-refractivity contribution in [1.82, 2.24) is 15.2 Å². The number of carbonyl (C=O) groups excluding carboxylic acids is 1. The number of urea groups is 1. The average Bonchev–Trinajstić information content (AvgIpc) is 2.68. The zero-order valence-electron chi connectivity index (χ0n) is 14.6. The summed E-state index contributed by atoms with van der Waals surface area (Å²) in [5.41, 5.74) is 1.89. The predicted octanol–water partition coefficient (Wildman–Crippen LogP) is 3.63. The Bertz CT molecular complexity index is 701. The molecule has 1 aromatic heterocycles. The molecule has 138 valence electrons. The Morgan fingerprint density at radius 2 is 1.96 bits per heavy atom. The highest BCUT2D eigenvalue weighted by Gasteiger charge is 2.25. The number of carbonyl (C=O) groups is 1. The highest BCUT2D eigenvalue weighted by atomic mass is 35.5. The van der Waals surface area contributed by atoms with Crippen molar-refractivity contribution in [3.8, 4) is 0 Å². The maximum absolute atomic E-state index is 12.8. The van der Waals surface area contributed by atoms with E-state index in [1.54, 1.807) is 12.4 Å². The molecule has 0 radical (unpaired) electrons. The van der Waals surface area contributed by atoms with Crippen LogP contribution in [0.5, 0.6) is 0 Å². The van der Waals surface area contributed by atoms with Gasteiger partial charge in [-0.25, -0.2) is 4.79 Å². The van der Waals surface area contributed by atoms with E-state index in [0.29, 0.717) is 10.9 Å². The van der Waals surface area contributed by atoms with Crippen LogP contribution in [0, 0.1) is 5.92 Å². The van der Waals surface area contributed by atoms with E-state index in [4.69, 9.17) is 16.7 Å². The Kier molecular flexibility index (Phi) is 6.47. The van der Waals surface area contributed by atoms with Crippen LogP contribution in [0.15, 0.2) is 48.8 Å². The summed E-state index contributed by atoms with van der Waals surface area (Å²) in [5.74, 6) is 0.509. The monoisotopic (exact) mass is 373 g/mol. The van der Waals surface area contributed by atoms with Crippen molar-refractivity contribution < 1.29 is 9.90 Å². The first kappa shape index (κ1) is 18.7. The van der Waals surface area contributed by atoms with E-state index in [9.17, 15) is 4.79 Å². The van der Waals surface area contributed by atoms with Crippen LogP contribution in [0.1, 0.15) is 36.4 Å². The van der Waals surface area contributed by atoms with Gasteiger partial charge in [-0.15, -0.1) is 0 Å². The molecule has 1 aliphatic rings. The first-order chi connectivity index (χ1) is 12.7. The number of halogens is 1. The third-order valence-corrected chi connectivity index (χ3v) is 5.18. The number of nitrogens with one attached hydrogen (secondary N) is 1. The molecule has 2 heterocycles. The Morgan fingerprint density at radius 3 is 2.58 bits per heavy atom. The number of nitrogens with zero attached hydrogens (tertiary/aromatic N) is 2. The van der Waals surface area contributed by atoms with Crippen LogP contribution >= 0.6 is 11.6 Å². The SMILES string of the molecule is O=C(NC(c1ccc(Cl)cc1)c1cccnc1)N1CCC(CCO)CC1. The van der Waals surface area contributed by atoms with Gasteiger partial charge in [-0.05, 0) is 54.5 Å². The van der Waals surface area contributed by atoms with E-state index in [-0.39, 0.29) is 18.7 Å². The molecular formula is C20H24ClN3O2. The summed E-state index contributed by atoms with van der Waals surface area (Å²) in [6.07, 6.45) is 6.18. The van der Waals surface area contributed by atoms with Crippen molar-refractivity contribution in [2.24, 2.45) is 5.92 Å². The van der Waals surface area contributed by atoms with Crippen LogP contribution in [0.3, 0.4) is 0 Å². The molecule has 3 rings (SSSR count). The van der Waals surface area contributed by atoms with Gasteiger partial charge in [0, 0.05) is 37.1 Å². The van der Waals surface area contributed by atoms with Gasteiger partial charge in [-0.3, -0.25) is 4.98 Å². The van der Waals surface area contributed by atoms with Crippen molar-refractivity contribution in [3.05, 3.63) is 64.9 Å². The lowest BCUT2D eigenvalue weighted by Gasteiger charge is -2.33. The molecule has 26 heavy (non-hydrogen) atoms. The lowest BCUT2D eigenvalue weighted by molar-refractivity contribution is 0.156. The number of aliphatic hydroxyl groups excluding tert-OH is 1. The van der Waals surface area contributed by atoms with Gasteiger partial charge < -0.3 is 15.3 Å². The van der Waals surface area contributed by atoms with Gasteiger partial charge in [0.1, 0.15) is 0 Å². The van der Waals surface area contributed by atoms with Crippen molar-refractivity contribution in [1.29, 1.82) is 0 Å². The minimum atomic E-state index is -0.274. The summed E-state index contributed by atoms with van der Waals surface area (Å²) in [6, 6.07) is 11.0. The zero-order valence-corrected chi connectivity index (χ0v) is 15.4. The number of benzene rings is 1. The number of amides is 2. The van der Waals surface area contributed by atoms with E-state index >= 15 is 0 Å². The number of piperidine rings is 1. The summed E-state index contributed by atoms with van der Waals surface area (Å²) in [5, 5.41) is 12.9. The first-order valence-corrected chi connectivity index (χ1v) is 9.37. The Labute approximate surface area is 159 Å². The van der Waals surface area contributed by atoms with Crippen LogP contribution in [0.2, 0.25) is 5.02 Å². The van der Waals surface area contributed by atoms with E-state index in [0.717, 1.165) is 43.5 Å². The van der Waals surface area contributed by atoms with Crippen LogP contribution < -0.4 is 5.32 Å². The molecule has 1 atom stereocenters. The standard InChI is InChI=1S/C20H24ClN3O2/c21-18-5-3-16(4-6-18)19(17-2-1-10-22-14-17)23-20(26)24-11-7-15(8-12-24)9-13-25/h1-6,10,14-15,19,25H,7-9,11-13H2,(H,23,26).